The minimum Gasteiger partial charge on any atom is -0.303 e. The maximum atomic E-state index is 9.89. The summed E-state index contributed by atoms with van der Waals surface area (Å²) in [6, 6.07) is 0. The van der Waals surface area contributed by atoms with Gasteiger partial charge in [-0.15, -0.1) is 0 Å². The van der Waals surface area contributed by atoms with Crippen molar-refractivity contribution in [2.75, 3.05) is 0 Å². The van der Waals surface area contributed by atoms with Gasteiger partial charge in [-0.1, -0.05) is 20.8 Å². The number of carbonyl (C=O) groups excluding carboxylic acids is 1. The van der Waals surface area contributed by atoms with E-state index in [1.54, 1.807) is 0 Å². The van der Waals surface area contributed by atoms with Crippen LogP contribution in [-0.2, 0) is 31.0 Å². The Balaban J connectivity index is 0. The average molecular weight is 219 g/mol. The number of carbonyl (C=O) groups is 1. The number of hydrogen-bond donors (Lipinski definition) is 0. The number of rotatable bonds is 3. The molecule has 0 aromatic rings. The predicted molar refractivity (Wildman–Crippen MR) is 39.4 cm³/mol. The van der Waals surface area contributed by atoms with Gasteiger partial charge in [0, 0.05) is 32.6 Å². The molecule has 0 rings (SSSR count). The first-order chi connectivity index (χ1) is 4.06. The van der Waals surface area contributed by atoms with Gasteiger partial charge in [0.25, 0.3) is 0 Å². The third kappa shape index (κ3) is 11.4. The van der Waals surface area contributed by atoms with Crippen molar-refractivity contribution in [3.05, 3.63) is 0 Å². The molecule has 0 aliphatic heterocycles. The molecule has 58 valence electrons. The minimum absolute atomic E-state index is 0. The van der Waals surface area contributed by atoms with Gasteiger partial charge in [0.15, 0.2) is 0 Å². The van der Waals surface area contributed by atoms with Crippen molar-refractivity contribution >= 4 is 6.29 Å². The molecule has 1 nitrogen and oxygen atoms in total. The summed E-state index contributed by atoms with van der Waals surface area (Å²) in [6.07, 6.45) is 3.89. The first-order valence-corrected chi connectivity index (χ1v) is 3.50. The Morgan fingerprint density at radius 2 is 1.80 bits per heavy atom. The molecule has 0 heterocycles. The summed E-state index contributed by atoms with van der Waals surface area (Å²) in [4.78, 5) is 9.89. The Morgan fingerprint density at radius 3 is 2.10 bits per heavy atom. The second-order valence-electron chi connectivity index (χ2n) is 3.62. The topological polar surface area (TPSA) is 17.1 Å². The van der Waals surface area contributed by atoms with Gasteiger partial charge in [-0.3, -0.25) is 0 Å². The minimum atomic E-state index is 0. The van der Waals surface area contributed by atoms with Crippen LogP contribution in [0.4, 0.5) is 0 Å². The van der Waals surface area contributed by atoms with Crippen LogP contribution in [0, 0.1) is 5.41 Å². The first-order valence-electron chi connectivity index (χ1n) is 3.50. The molecule has 0 unspecified atom stereocenters. The Morgan fingerprint density at radius 1 is 1.30 bits per heavy atom. The summed E-state index contributed by atoms with van der Waals surface area (Å²) in [6.45, 7) is 6.58. The fourth-order valence-electron chi connectivity index (χ4n) is 0.716. The molecular weight excluding hydrogens is 203 g/mol. The third-order valence-electron chi connectivity index (χ3n) is 1.25. The summed E-state index contributed by atoms with van der Waals surface area (Å²) < 4.78 is 0. The van der Waals surface area contributed by atoms with Crippen molar-refractivity contribution in [1.29, 1.82) is 0 Å². The Bertz CT molecular complexity index is 83.7. The molecule has 0 N–H and O–H groups in total. The molecule has 0 atom stereocenters. The van der Waals surface area contributed by atoms with E-state index in [0.717, 1.165) is 25.5 Å². The van der Waals surface area contributed by atoms with E-state index < -0.39 is 0 Å². The fourth-order valence-corrected chi connectivity index (χ4v) is 0.716. The zero-order valence-corrected chi connectivity index (χ0v) is 9.56. The van der Waals surface area contributed by atoms with Gasteiger partial charge in [0.05, 0.1) is 0 Å². The van der Waals surface area contributed by atoms with Gasteiger partial charge < -0.3 is 4.79 Å². The van der Waals surface area contributed by atoms with Crippen LogP contribution in [0.3, 0.4) is 0 Å². The van der Waals surface area contributed by atoms with E-state index >= 15 is 0 Å². The SMILES string of the molecule is CC(C)(C)CCCC=O.[Zr]. The standard InChI is InChI=1S/C8H16O.Zr/c1-8(2,3)6-4-5-7-9;/h7H,4-6H2,1-3H3;. The van der Waals surface area contributed by atoms with E-state index in [1.807, 2.05) is 0 Å². The van der Waals surface area contributed by atoms with Crippen LogP contribution in [-0.4, -0.2) is 6.29 Å². The van der Waals surface area contributed by atoms with Crippen LogP contribution < -0.4 is 0 Å². The molecule has 10 heavy (non-hydrogen) atoms. The second-order valence-corrected chi connectivity index (χ2v) is 3.62. The van der Waals surface area contributed by atoms with Crippen LogP contribution in [0.2, 0.25) is 0 Å². The summed E-state index contributed by atoms with van der Waals surface area (Å²) >= 11 is 0. The Kier molecular flexibility index (Phi) is 8.26. The molecular formula is C8H16OZr. The monoisotopic (exact) mass is 218 g/mol. The van der Waals surface area contributed by atoms with Crippen LogP contribution in [0.15, 0.2) is 0 Å². The molecule has 0 aliphatic carbocycles. The summed E-state index contributed by atoms with van der Waals surface area (Å²) in [5, 5.41) is 0. The van der Waals surface area contributed by atoms with Crippen molar-refractivity contribution < 1.29 is 31.0 Å². The van der Waals surface area contributed by atoms with E-state index in [4.69, 9.17) is 0 Å². The van der Waals surface area contributed by atoms with Gasteiger partial charge in [-0.2, -0.15) is 0 Å². The molecule has 0 aromatic heterocycles. The van der Waals surface area contributed by atoms with Crippen molar-refractivity contribution in [3.63, 3.8) is 0 Å². The molecule has 0 aromatic carbocycles. The molecule has 0 amide bonds. The van der Waals surface area contributed by atoms with Crippen molar-refractivity contribution in [2.24, 2.45) is 5.41 Å². The quantitative estimate of drug-likeness (QED) is 0.526. The van der Waals surface area contributed by atoms with Gasteiger partial charge >= 0.3 is 0 Å². The average Bonchev–Trinajstić information content (AvgIpc) is 1.63. The van der Waals surface area contributed by atoms with Crippen LogP contribution in [0.5, 0.6) is 0 Å². The molecule has 0 spiro atoms. The Labute approximate surface area is 82.7 Å². The summed E-state index contributed by atoms with van der Waals surface area (Å²) in [7, 11) is 0. The maximum Gasteiger partial charge on any atom is 0.119 e. The largest absolute Gasteiger partial charge is 0.303 e. The summed E-state index contributed by atoms with van der Waals surface area (Å²) in [5.74, 6) is 0. The van der Waals surface area contributed by atoms with Crippen LogP contribution in [0.1, 0.15) is 40.0 Å². The smallest absolute Gasteiger partial charge is 0.119 e. The molecule has 0 saturated carbocycles. The maximum absolute atomic E-state index is 9.89. The van der Waals surface area contributed by atoms with Gasteiger partial charge in [-0.25, -0.2) is 0 Å². The van der Waals surface area contributed by atoms with Gasteiger partial charge in [0.1, 0.15) is 6.29 Å². The van der Waals surface area contributed by atoms with Crippen LogP contribution >= 0.6 is 0 Å². The van der Waals surface area contributed by atoms with E-state index in [-0.39, 0.29) is 26.2 Å². The molecule has 0 aliphatic rings. The molecule has 0 bridgehead atoms. The zero-order chi connectivity index (χ0) is 7.33. The molecule has 2 heteroatoms. The van der Waals surface area contributed by atoms with E-state index in [1.165, 1.54) is 0 Å². The van der Waals surface area contributed by atoms with E-state index in [2.05, 4.69) is 20.8 Å². The van der Waals surface area contributed by atoms with Crippen molar-refractivity contribution in [3.8, 4) is 0 Å². The van der Waals surface area contributed by atoms with Crippen molar-refractivity contribution in [1.82, 2.24) is 0 Å². The van der Waals surface area contributed by atoms with E-state index in [0.29, 0.717) is 5.41 Å². The molecule has 0 fully saturated rings. The Hall–Kier alpha value is 0.553. The van der Waals surface area contributed by atoms with Crippen molar-refractivity contribution in [2.45, 2.75) is 40.0 Å². The third-order valence-corrected chi connectivity index (χ3v) is 1.25. The number of unbranched alkanes of at least 4 members (excludes halogenated alkanes) is 1. The predicted octanol–water partition coefficient (Wildman–Crippen LogP) is 2.40. The number of aldehydes is 1. The zero-order valence-electron chi connectivity index (χ0n) is 7.11. The van der Waals surface area contributed by atoms with Crippen LogP contribution in [0.25, 0.3) is 0 Å². The summed E-state index contributed by atoms with van der Waals surface area (Å²) in [5.41, 5.74) is 0.392. The first kappa shape index (κ1) is 13.2. The van der Waals surface area contributed by atoms with Gasteiger partial charge in [0.2, 0.25) is 0 Å². The molecule has 0 saturated heterocycles. The number of hydrogen-bond acceptors (Lipinski definition) is 1. The van der Waals surface area contributed by atoms with Gasteiger partial charge in [-0.05, 0) is 18.3 Å². The second kappa shape index (κ2) is 6.28. The van der Waals surface area contributed by atoms with E-state index in [9.17, 15) is 4.79 Å². The molecule has 0 radical (unpaired) electrons. The fraction of sp³-hybridized carbons (Fsp3) is 0.875. The normalized spacial score (nSPS) is 10.3.